The Morgan fingerprint density at radius 2 is 1.97 bits per heavy atom. The molecule has 8 heteroatoms. The SMILES string of the molecule is COc1cc2c(cc1CO)OC[C@H]1Oc3c(ccc4c3C([18F])C(O)C(C)(C)O4)C(=O)[C@@]21C. The van der Waals surface area contributed by atoms with E-state index in [0.29, 0.717) is 22.6 Å². The molecule has 0 saturated carbocycles. The molecular weight excluding hydrogens is 418 g/mol. The van der Waals surface area contributed by atoms with Gasteiger partial charge in [0.25, 0.3) is 0 Å². The highest BCUT2D eigenvalue weighted by molar-refractivity contribution is 6.08. The summed E-state index contributed by atoms with van der Waals surface area (Å²) in [6.07, 6.45) is -3.92. The molecule has 7 nitrogen and oxygen atoms in total. The van der Waals surface area contributed by atoms with Gasteiger partial charge in [0.1, 0.15) is 47.4 Å². The van der Waals surface area contributed by atoms with E-state index in [1.54, 1.807) is 45.0 Å². The van der Waals surface area contributed by atoms with Crippen molar-refractivity contribution in [3.63, 3.8) is 0 Å². The number of ether oxygens (including phenoxy) is 4. The van der Waals surface area contributed by atoms with Crippen LogP contribution in [0, 0.1) is 0 Å². The topological polar surface area (TPSA) is 94.5 Å². The smallest absolute Gasteiger partial charge is 0.180 e. The number of hydrogen-bond acceptors (Lipinski definition) is 7. The number of aliphatic hydroxyl groups is 2. The van der Waals surface area contributed by atoms with Gasteiger partial charge in [-0.2, -0.15) is 0 Å². The van der Waals surface area contributed by atoms with Crippen LogP contribution in [-0.2, 0) is 12.0 Å². The molecule has 0 aromatic heterocycles. The van der Waals surface area contributed by atoms with Gasteiger partial charge in [-0.05, 0) is 45.0 Å². The van der Waals surface area contributed by atoms with Gasteiger partial charge >= 0.3 is 0 Å². The summed E-state index contributed by atoms with van der Waals surface area (Å²) in [5.74, 6) is 0.984. The molecule has 0 spiro atoms. The summed E-state index contributed by atoms with van der Waals surface area (Å²) in [5, 5.41) is 20.1. The van der Waals surface area contributed by atoms with E-state index < -0.39 is 29.4 Å². The van der Waals surface area contributed by atoms with Crippen molar-refractivity contribution >= 4 is 5.78 Å². The van der Waals surface area contributed by atoms with Crippen molar-refractivity contribution in [1.29, 1.82) is 0 Å². The largest absolute Gasteiger partial charge is 0.496 e. The lowest BCUT2D eigenvalue weighted by atomic mass is 9.68. The minimum atomic E-state index is -1.77. The molecule has 2 unspecified atom stereocenters. The van der Waals surface area contributed by atoms with E-state index in [9.17, 15) is 15.0 Å². The summed E-state index contributed by atoms with van der Waals surface area (Å²) < 4.78 is 38.6. The monoisotopic (exact) mass is 443 g/mol. The molecule has 0 radical (unpaired) electrons. The normalized spacial score (nSPS) is 29.3. The fraction of sp³-hybridized carbons (Fsp3) is 0.458. The van der Waals surface area contributed by atoms with Crippen molar-refractivity contribution in [1.82, 2.24) is 0 Å². The zero-order chi connectivity index (χ0) is 23.0. The third-order valence-electron chi connectivity index (χ3n) is 6.92. The Hall–Kier alpha value is -2.84. The Morgan fingerprint density at radius 3 is 2.66 bits per heavy atom. The number of ketones is 1. The second-order valence-electron chi connectivity index (χ2n) is 9.17. The molecule has 3 aliphatic heterocycles. The molecule has 0 fully saturated rings. The molecule has 32 heavy (non-hydrogen) atoms. The van der Waals surface area contributed by atoms with Crippen molar-refractivity contribution in [2.45, 2.75) is 56.8 Å². The van der Waals surface area contributed by atoms with Gasteiger partial charge in [0.2, 0.25) is 0 Å². The molecule has 2 aromatic rings. The van der Waals surface area contributed by atoms with Crippen LogP contribution >= 0.6 is 0 Å². The second-order valence-corrected chi connectivity index (χ2v) is 9.17. The van der Waals surface area contributed by atoms with Gasteiger partial charge < -0.3 is 29.2 Å². The third-order valence-corrected chi connectivity index (χ3v) is 6.92. The number of methoxy groups -OCH3 is 1. The predicted molar refractivity (Wildman–Crippen MR) is 112 cm³/mol. The van der Waals surface area contributed by atoms with Gasteiger partial charge in [0, 0.05) is 11.1 Å². The summed E-state index contributed by atoms with van der Waals surface area (Å²) in [7, 11) is 1.49. The zero-order valence-electron chi connectivity index (χ0n) is 18.3. The van der Waals surface area contributed by atoms with E-state index in [-0.39, 0.29) is 41.6 Å². The highest BCUT2D eigenvalue weighted by Crippen LogP contribution is 2.54. The third kappa shape index (κ3) is 2.62. The standard InChI is InChI=1S/C24H25FO7/c1-23(2)22(28)19(25)18-14(32-23)6-5-12-20(18)31-17-10-30-16-7-11(9-26)15(29-4)8-13(16)24(17,3)21(12)27/h5-8,17,19,22,26,28H,9-10H2,1-4H3/t17-,19?,22?,24+/m1/s1/i25-1. The number of benzene rings is 2. The summed E-state index contributed by atoms with van der Waals surface area (Å²) in [6, 6.07) is 6.47. The lowest BCUT2D eigenvalue weighted by molar-refractivity contribution is -0.0882. The molecule has 2 N–H and O–H groups in total. The first-order valence-corrected chi connectivity index (χ1v) is 10.5. The quantitative estimate of drug-likeness (QED) is 0.737. The van der Waals surface area contributed by atoms with Crippen LogP contribution in [0.1, 0.15) is 54.0 Å². The zero-order valence-corrected chi connectivity index (χ0v) is 18.3. The number of carbonyl (C=O) groups is 1. The van der Waals surface area contributed by atoms with Crippen LogP contribution in [0.3, 0.4) is 0 Å². The molecule has 0 amide bonds. The van der Waals surface area contributed by atoms with Crippen molar-refractivity contribution in [3.8, 4) is 23.0 Å². The highest BCUT2D eigenvalue weighted by Gasteiger charge is 2.55. The Labute approximate surface area is 184 Å². The molecule has 2 aromatic carbocycles. The van der Waals surface area contributed by atoms with Crippen LogP contribution in [0.15, 0.2) is 24.3 Å². The Kier molecular flexibility index (Phi) is 4.49. The summed E-state index contributed by atoms with van der Waals surface area (Å²) >= 11 is 0. The van der Waals surface area contributed by atoms with Crippen LogP contribution in [-0.4, -0.2) is 47.5 Å². The van der Waals surface area contributed by atoms with Gasteiger partial charge in [-0.3, -0.25) is 4.79 Å². The lowest BCUT2D eigenvalue weighted by Gasteiger charge is -2.46. The van der Waals surface area contributed by atoms with Gasteiger partial charge in [-0.25, -0.2) is 4.39 Å². The molecule has 4 atom stereocenters. The maximum absolute atomic E-state index is 15.3. The number of hydrogen-bond donors (Lipinski definition) is 2. The number of aliphatic hydroxyl groups excluding tert-OH is 2. The minimum absolute atomic E-state index is 0.0451. The summed E-state index contributed by atoms with van der Waals surface area (Å²) in [4.78, 5) is 13.8. The van der Waals surface area contributed by atoms with E-state index in [4.69, 9.17) is 18.9 Å². The van der Waals surface area contributed by atoms with E-state index in [1.165, 1.54) is 7.11 Å². The first-order chi connectivity index (χ1) is 15.1. The second kappa shape index (κ2) is 6.83. The number of alkyl halides is 1. The molecule has 5 rings (SSSR count). The number of halogens is 1. The molecule has 0 saturated heterocycles. The molecule has 0 aliphatic carbocycles. The predicted octanol–water partition coefficient (Wildman–Crippen LogP) is 3.02. The minimum Gasteiger partial charge on any atom is -0.496 e. The molecule has 3 heterocycles. The van der Waals surface area contributed by atoms with Gasteiger partial charge in [-0.1, -0.05) is 0 Å². The molecule has 3 aliphatic rings. The van der Waals surface area contributed by atoms with E-state index in [1.807, 2.05) is 0 Å². The van der Waals surface area contributed by atoms with Crippen LogP contribution in [0.2, 0.25) is 0 Å². The molecule has 0 bridgehead atoms. The Bertz CT molecular complexity index is 1130. The van der Waals surface area contributed by atoms with Crippen molar-refractivity contribution < 1.29 is 38.3 Å². The highest BCUT2D eigenvalue weighted by atomic mass is 18.2. The van der Waals surface area contributed by atoms with E-state index in [2.05, 4.69) is 0 Å². The first-order valence-electron chi connectivity index (χ1n) is 10.5. The lowest BCUT2D eigenvalue weighted by Crippen LogP contribution is -2.56. The first kappa shape index (κ1) is 21.0. The maximum Gasteiger partial charge on any atom is 0.180 e. The maximum atomic E-state index is 15.3. The van der Waals surface area contributed by atoms with Crippen LogP contribution in [0.4, 0.5) is 4.39 Å². The molecule has 170 valence electrons. The Balaban J connectivity index is 1.67. The van der Waals surface area contributed by atoms with E-state index in [0.717, 1.165) is 0 Å². The van der Waals surface area contributed by atoms with Crippen molar-refractivity contribution in [3.05, 3.63) is 46.5 Å². The van der Waals surface area contributed by atoms with Crippen LogP contribution < -0.4 is 18.9 Å². The van der Waals surface area contributed by atoms with Gasteiger partial charge in [-0.15, -0.1) is 0 Å². The van der Waals surface area contributed by atoms with E-state index >= 15 is 4.39 Å². The van der Waals surface area contributed by atoms with Crippen LogP contribution in [0.25, 0.3) is 0 Å². The number of carbonyl (C=O) groups excluding carboxylic acids is 1. The van der Waals surface area contributed by atoms with Crippen molar-refractivity contribution in [2.24, 2.45) is 0 Å². The fourth-order valence-corrected chi connectivity index (χ4v) is 4.88. The number of Topliss-reactive ketones (excluding diaryl/α,β-unsaturated/α-hetero) is 1. The summed E-state index contributed by atoms with van der Waals surface area (Å²) in [6.45, 7) is 4.80. The van der Waals surface area contributed by atoms with Gasteiger partial charge in [0.15, 0.2) is 12.0 Å². The van der Waals surface area contributed by atoms with Crippen LogP contribution in [0.5, 0.6) is 23.0 Å². The molecular formula is C24H25FO7. The average Bonchev–Trinajstić information content (AvgIpc) is 2.77. The Morgan fingerprint density at radius 1 is 1.22 bits per heavy atom. The average molecular weight is 443 g/mol. The summed E-state index contributed by atoms with van der Waals surface area (Å²) in [5.41, 5.74) is -0.856. The van der Waals surface area contributed by atoms with Crippen molar-refractivity contribution in [2.75, 3.05) is 13.7 Å². The number of fused-ring (bicyclic) bond motifs is 6. The van der Waals surface area contributed by atoms with Gasteiger partial charge in [0.05, 0.1) is 30.3 Å². The fourth-order valence-electron chi connectivity index (χ4n) is 4.88. The number of rotatable bonds is 2.